The molecule has 4 aromatic rings. The van der Waals surface area contributed by atoms with Crippen molar-refractivity contribution in [2.24, 2.45) is 0 Å². The summed E-state index contributed by atoms with van der Waals surface area (Å²) in [5.74, 6) is 0. The number of nitrogens with one attached hydrogen (secondary N) is 1. The molecule has 0 amide bonds. The van der Waals surface area contributed by atoms with Crippen LogP contribution in [0.15, 0.2) is 89.8 Å². The van der Waals surface area contributed by atoms with Crippen molar-refractivity contribution >= 4 is 38.2 Å². The molecule has 2 heterocycles. The Morgan fingerprint density at radius 1 is 0.939 bits per heavy atom. The van der Waals surface area contributed by atoms with Crippen molar-refractivity contribution in [1.29, 1.82) is 0 Å². The van der Waals surface area contributed by atoms with E-state index in [9.17, 15) is 8.42 Å². The Balaban J connectivity index is 1.67. The Bertz CT molecular complexity index is 1480. The molecule has 166 valence electrons. The van der Waals surface area contributed by atoms with E-state index in [0.29, 0.717) is 11.3 Å². The maximum absolute atomic E-state index is 13.6. The predicted octanol–water partition coefficient (Wildman–Crippen LogP) is 5.80. The standard InChI is InChI=1S/C26H22ClN3O2S/c1-17-11-13-19(14-12-17)23-16-24(30(29-23)33(31,32)21-9-4-3-5-10-21)22-15-20-8-6-7-18(2)25(20)28-26(22)27/h3-16,24,29H,1-2H3/t24-/m0/s1. The normalized spacial score (nSPS) is 16.6. The summed E-state index contributed by atoms with van der Waals surface area (Å²) in [6.45, 7) is 3.99. The van der Waals surface area contributed by atoms with Gasteiger partial charge in [-0.1, -0.05) is 77.8 Å². The van der Waals surface area contributed by atoms with Crippen LogP contribution in [-0.4, -0.2) is 17.8 Å². The SMILES string of the molecule is Cc1ccc(C2=C[C@@H](c3cc4cccc(C)c4nc3Cl)N(S(=O)(=O)c3ccccc3)N2)cc1. The Kier molecular flexibility index (Phi) is 5.44. The third-order valence-electron chi connectivity index (χ3n) is 5.82. The Labute approximate surface area is 198 Å². The summed E-state index contributed by atoms with van der Waals surface area (Å²) >= 11 is 6.64. The van der Waals surface area contributed by atoms with E-state index in [0.717, 1.165) is 27.6 Å². The topological polar surface area (TPSA) is 62.3 Å². The van der Waals surface area contributed by atoms with E-state index in [-0.39, 0.29) is 10.0 Å². The summed E-state index contributed by atoms with van der Waals surface area (Å²) in [6.07, 6.45) is 1.88. The largest absolute Gasteiger partial charge is 0.304 e. The highest BCUT2D eigenvalue weighted by Gasteiger charge is 2.38. The first kappa shape index (κ1) is 21.6. The average Bonchev–Trinajstić information content (AvgIpc) is 3.26. The molecule has 1 aromatic heterocycles. The van der Waals surface area contributed by atoms with Crippen LogP contribution < -0.4 is 5.43 Å². The molecular weight excluding hydrogens is 454 g/mol. The van der Waals surface area contributed by atoms with Crippen molar-refractivity contribution in [3.63, 3.8) is 0 Å². The smallest absolute Gasteiger partial charge is 0.260 e. The third-order valence-corrected chi connectivity index (χ3v) is 7.82. The highest BCUT2D eigenvalue weighted by molar-refractivity contribution is 7.89. The Hall–Kier alpha value is -3.19. The molecule has 1 aliphatic heterocycles. The summed E-state index contributed by atoms with van der Waals surface area (Å²) in [7, 11) is -3.88. The zero-order valence-electron chi connectivity index (χ0n) is 18.2. The molecule has 5 nitrogen and oxygen atoms in total. The molecule has 0 unspecified atom stereocenters. The number of hydrazine groups is 1. The Morgan fingerprint density at radius 3 is 2.39 bits per heavy atom. The van der Waals surface area contributed by atoms with E-state index in [1.807, 2.05) is 68.5 Å². The first-order chi connectivity index (χ1) is 15.8. The number of nitrogens with zero attached hydrogens (tertiary/aromatic N) is 2. The zero-order valence-corrected chi connectivity index (χ0v) is 19.7. The number of halogens is 1. The molecule has 0 fully saturated rings. The van der Waals surface area contributed by atoms with Crippen LogP contribution in [0.2, 0.25) is 5.15 Å². The molecular formula is C26H22ClN3O2S. The summed E-state index contributed by atoms with van der Waals surface area (Å²) < 4.78 is 28.6. The van der Waals surface area contributed by atoms with Crippen molar-refractivity contribution in [3.8, 4) is 0 Å². The van der Waals surface area contributed by atoms with E-state index in [1.54, 1.807) is 30.3 Å². The van der Waals surface area contributed by atoms with Gasteiger partial charge in [-0.25, -0.2) is 13.4 Å². The van der Waals surface area contributed by atoms with E-state index in [1.165, 1.54) is 4.41 Å². The second-order valence-electron chi connectivity index (χ2n) is 8.13. The lowest BCUT2D eigenvalue weighted by Crippen LogP contribution is -2.39. The van der Waals surface area contributed by atoms with Gasteiger partial charge in [-0.15, -0.1) is 4.41 Å². The van der Waals surface area contributed by atoms with Crippen molar-refractivity contribution < 1.29 is 8.42 Å². The van der Waals surface area contributed by atoms with Gasteiger partial charge in [0.25, 0.3) is 10.0 Å². The maximum atomic E-state index is 13.6. The highest BCUT2D eigenvalue weighted by Crippen LogP contribution is 2.39. The van der Waals surface area contributed by atoms with Gasteiger partial charge in [0.2, 0.25) is 0 Å². The third kappa shape index (κ3) is 3.91. The van der Waals surface area contributed by atoms with Crippen LogP contribution in [0.4, 0.5) is 0 Å². The van der Waals surface area contributed by atoms with E-state index in [2.05, 4.69) is 10.4 Å². The van der Waals surface area contributed by atoms with Crippen LogP contribution in [0.25, 0.3) is 16.6 Å². The summed E-state index contributed by atoms with van der Waals surface area (Å²) in [5, 5.41) is 1.18. The molecule has 33 heavy (non-hydrogen) atoms. The van der Waals surface area contributed by atoms with E-state index in [4.69, 9.17) is 11.6 Å². The zero-order chi connectivity index (χ0) is 23.2. The van der Waals surface area contributed by atoms with Crippen molar-refractivity contribution in [1.82, 2.24) is 14.8 Å². The quantitative estimate of drug-likeness (QED) is 0.379. The van der Waals surface area contributed by atoms with Gasteiger partial charge in [-0.05, 0) is 49.2 Å². The first-order valence-corrected chi connectivity index (χ1v) is 12.4. The van der Waals surface area contributed by atoms with Crippen molar-refractivity contribution in [3.05, 3.63) is 112 Å². The molecule has 0 bridgehead atoms. The van der Waals surface area contributed by atoms with Crippen LogP contribution in [0.1, 0.15) is 28.3 Å². The minimum absolute atomic E-state index is 0.196. The number of rotatable bonds is 4. The molecule has 1 aliphatic rings. The fourth-order valence-electron chi connectivity index (χ4n) is 4.02. The molecule has 0 radical (unpaired) electrons. The summed E-state index contributed by atoms with van der Waals surface area (Å²) in [4.78, 5) is 4.80. The number of sulfonamides is 1. The number of aryl methyl sites for hydroxylation is 2. The fourth-order valence-corrected chi connectivity index (χ4v) is 5.70. The van der Waals surface area contributed by atoms with Crippen LogP contribution in [0.5, 0.6) is 0 Å². The second-order valence-corrected chi connectivity index (χ2v) is 10.3. The molecule has 5 rings (SSSR count). The minimum atomic E-state index is -3.88. The maximum Gasteiger partial charge on any atom is 0.260 e. The minimum Gasteiger partial charge on any atom is -0.304 e. The molecule has 0 spiro atoms. The molecule has 0 saturated carbocycles. The van der Waals surface area contributed by atoms with E-state index >= 15 is 0 Å². The molecule has 0 aliphatic carbocycles. The fraction of sp³-hybridized carbons (Fsp3) is 0.115. The van der Waals surface area contributed by atoms with Gasteiger partial charge in [-0.2, -0.15) is 0 Å². The van der Waals surface area contributed by atoms with Gasteiger partial charge >= 0.3 is 0 Å². The lowest BCUT2D eigenvalue weighted by molar-refractivity contribution is 0.348. The number of hydrogen-bond acceptors (Lipinski definition) is 4. The number of benzene rings is 3. The second kappa shape index (κ2) is 8.30. The van der Waals surface area contributed by atoms with Gasteiger partial charge in [0.05, 0.1) is 22.2 Å². The lowest BCUT2D eigenvalue weighted by atomic mass is 10.0. The molecule has 7 heteroatoms. The number of pyridine rings is 1. The molecule has 3 aromatic carbocycles. The Morgan fingerprint density at radius 2 is 1.67 bits per heavy atom. The van der Waals surface area contributed by atoms with Crippen molar-refractivity contribution in [2.45, 2.75) is 24.8 Å². The van der Waals surface area contributed by atoms with Gasteiger partial charge in [0, 0.05) is 10.9 Å². The van der Waals surface area contributed by atoms with Gasteiger partial charge < -0.3 is 5.43 Å². The monoisotopic (exact) mass is 475 g/mol. The lowest BCUT2D eigenvalue weighted by Gasteiger charge is -2.25. The number of fused-ring (bicyclic) bond motifs is 1. The molecule has 0 saturated heterocycles. The van der Waals surface area contributed by atoms with Crippen LogP contribution >= 0.6 is 11.6 Å². The number of aromatic nitrogens is 1. The summed E-state index contributed by atoms with van der Waals surface area (Å²) in [5.41, 5.74) is 8.25. The first-order valence-electron chi connectivity index (χ1n) is 10.6. The van der Waals surface area contributed by atoms with Crippen LogP contribution in [0, 0.1) is 13.8 Å². The predicted molar refractivity (Wildman–Crippen MR) is 132 cm³/mol. The van der Waals surface area contributed by atoms with Crippen LogP contribution in [0.3, 0.4) is 0 Å². The number of para-hydroxylation sites is 1. The van der Waals surface area contributed by atoms with Gasteiger partial charge in [0.15, 0.2) is 0 Å². The number of hydrogen-bond donors (Lipinski definition) is 1. The molecule has 1 atom stereocenters. The van der Waals surface area contributed by atoms with Gasteiger partial charge in [-0.3, -0.25) is 0 Å². The van der Waals surface area contributed by atoms with E-state index < -0.39 is 16.1 Å². The van der Waals surface area contributed by atoms with Crippen molar-refractivity contribution in [2.75, 3.05) is 0 Å². The highest BCUT2D eigenvalue weighted by atomic mass is 35.5. The van der Waals surface area contributed by atoms with Gasteiger partial charge in [0.1, 0.15) is 5.15 Å². The van der Waals surface area contributed by atoms with Crippen LogP contribution in [-0.2, 0) is 10.0 Å². The average molecular weight is 476 g/mol. The summed E-state index contributed by atoms with van der Waals surface area (Å²) in [6, 6.07) is 23.4. The molecule has 1 N–H and O–H groups in total.